The number of nitrogens with zero attached hydrogens (tertiary/aromatic N) is 1. The zero-order chi connectivity index (χ0) is 17.1. The van der Waals surface area contributed by atoms with Crippen LogP contribution in [0, 0.1) is 5.82 Å². The molecule has 24 heavy (non-hydrogen) atoms. The van der Waals surface area contributed by atoms with Crippen LogP contribution in [0.25, 0.3) is 0 Å². The molecule has 1 aliphatic heterocycles. The van der Waals surface area contributed by atoms with Crippen molar-refractivity contribution in [3.63, 3.8) is 0 Å². The van der Waals surface area contributed by atoms with Crippen LogP contribution in [0.1, 0.15) is 6.42 Å². The van der Waals surface area contributed by atoms with Gasteiger partial charge in [0.2, 0.25) is 5.91 Å². The summed E-state index contributed by atoms with van der Waals surface area (Å²) in [6.07, 6.45) is 0.208. The van der Waals surface area contributed by atoms with Gasteiger partial charge in [0.05, 0.1) is 6.04 Å². The van der Waals surface area contributed by atoms with Crippen molar-refractivity contribution in [1.82, 2.24) is 5.32 Å². The second kappa shape index (κ2) is 6.88. The summed E-state index contributed by atoms with van der Waals surface area (Å²) in [5, 5.41) is 5.87. The number of carbonyl (C=O) groups is 2. The molecule has 1 atom stereocenters. The summed E-state index contributed by atoms with van der Waals surface area (Å²) in [5.41, 5.74) is 1.09. The van der Waals surface area contributed by atoms with Crippen molar-refractivity contribution < 1.29 is 14.0 Å². The molecule has 0 spiro atoms. The van der Waals surface area contributed by atoms with Gasteiger partial charge < -0.3 is 15.5 Å². The third-order valence-electron chi connectivity index (χ3n) is 3.68. The number of anilines is 2. The Hall–Kier alpha value is -2.60. The molecule has 1 unspecified atom stereocenters. The van der Waals surface area contributed by atoms with Gasteiger partial charge in [-0.05, 0) is 42.5 Å². The van der Waals surface area contributed by atoms with Gasteiger partial charge in [-0.25, -0.2) is 9.18 Å². The summed E-state index contributed by atoms with van der Waals surface area (Å²) in [4.78, 5) is 25.7. The number of carbonyl (C=O) groups excluding carboxylic acids is 2. The first-order valence-corrected chi connectivity index (χ1v) is 7.78. The molecule has 0 aromatic heterocycles. The molecule has 2 aromatic carbocycles. The average Bonchev–Trinajstić information content (AvgIpc) is 2.88. The summed E-state index contributed by atoms with van der Waals surface area (Å²) in [7, 11) is 0. The normalized spacial score (nSPS) is 17.0. The molecule has 124 valence electrons. The van der Waals surface area contributed by atoms with E-state index in [0.717, 1.165) is 5.69 Å². The van der Waals surface area contributed by atoms with Crippen LogP contribution < -0.4 is 15.5 Å². The highest BCUT2D eigenvalue weighted by atomic mass is 35.5. The molecule has 0 radical (unpaired) electrons. The number of nitrogens with one attached hydrogen (secondary N) is 2. The molecule has 2 aromatic rings. The molecule has 0 bridgehead atoms. The molecule has 2 N–H and O–H groups in total. The molecule has 0 saturated carbocycles. The summed E-state index contributed by atoms with van der Waals surface area (Å²) in [5.74, 6) is -0.508. The van der Waals surface area contributed by atoms with Gasteiger partial charge in [-0.15, -0.1) is 0 Å². The zero-order valence-corrected chi connectivity index (χ0v) is 13.4. The Balaban J connectivity index is 1.59. The topological polar surface area (TPSA) is 61.4 Å². The van der Waals surface area contributed by atoms with Crippen LogP contribution in [-0.4, -0.2) is 24.5 Å². The van der Waals surface area contributed by atoms with E-state index in [2.05, 4.69) is 10.6 Å². The van der Waals surface area contributed by atoms with Gasteiger partial charge >= 0.3 is 6.03 Å². The smallest absolute Gasteiger partial charge is 0.319 e. The van der Waals surface area contributed by atoms with Crippen molar-refractivity contribution in [3.8, 4) is 0 Å². The highest BCUT2D eigenvalue weighted by Crippen LogP contribution is 2.23. The average molecular weight is 348 g/mol. The van der Waals surface area contributed by atoms with Gasteiger partial charge in [0.15, 0.2) is 0 Å². The van der Waals surface area contributed by atoms with Crippen molar-refractivity contribution in [2.24, 2.45) is 0 Å². The maximum Gasteiger partial charge on any atom is 0.319 e. The van der Waals surface area contributed by atoms with Gasteiger partial charge in [-0.3, -0.25) is 4.79 Å². The Bertz CT molecular complexity index is 767. The van der Waals surface area contributed by atoms with Gasteiger partial charge in [0, 0.05) is 29.4 Å². The summed E-state index contributed by atoms with van der Waals surface area (Å²) in [6, 6.07) is 11.8. The van der Waals surface area contributed by atoms with E-state index in [-0.39, 0.29) is 18.4 Å². The van der Waals surface area contributed by atoms with Gasteiger partial charge in [-0.1, -0.05) is 17.7 Å². The lowest BCUT2D eigenvalue weighted by Gasteiger charge is -2.17. The van der Waals surface area contributed by atoms with Crippen LogP contribution in [0.2, 0.25) is 5.02 Å². The quantitative estimate of drug-likeness (QED) is 0.893. The number of amides is 3. The molecule has 7 heteroatoms. The van der Waals surface area contributed by atoms with Crippen molar-refractivity contribution in [3.05, 3.63) is 59.4 Å². The lowest BCUT2D eigenvalue weighted by atomic mass is 10.2. The van der Waals surface area contributed by atoms with Crippen LogP contribution in [-0.2, 0) is 4.79 Å². The Morgan fingerprint density at radius 1 is 1.21 bits per heavy atom. The lowest BCUT2D eigenvalue weighted by molar-refractivity contribution is -0.117. The van der Waals surface area contributed by atoms with E-state index in [4.69, 9.17) is 11.6 Å². The zero-order valence-electron chi connectivity index (χ0n) is 12.6. The standard InChI is InChI=1S/C17H15ClFN3O2/c18-11-4-6-15(7-5-11)22-10-14(9-16(22)23)21-17(24)20-13-3-1-2-12(19)8-13/h1-8,14H,9-10H2,(H2,20,21,24). The Kier molecular flexibility index (Phi) is 4.66. The molecular formula is C17H15ClFN3O2. The minimum Gasteiger partial charge on any atom is -0.333 e. The van der Waals surface area contributed by atoms with E-state index in [1.165, 1.54) is 18.2 Å². The Labute approximate surface area is 143 Å². The van der Waals surface area contributed by atoms with Gasteiger partial charge in [-0.2, -0.15) is 0 Å². The number of hydrogen-bond acceptors (Lipinski definition) is 2. The number of benzene rings is 2. The molecule has 1 aliphatic rings. The van der Waals surface area contributed by atoms with Crippen molar-refractivity contribution in [2.75, 3.05) is 16.8 Å². The molecule has 5 nitrogen and oxygen atoms in total. The number of urea groups is 1. The van der Waals surface area contributed by atoms with Crippen molar-refractivity contribution in [2.45, 2.75) is 12.5 Å². The molecular weight excluding hydrogens is 333 g/mol. The first-order chi connectivity index (χ1) is 11.5. The third-order valence-corrected chi connectivity index (χ3v) is 3.93. The monoisotopic (exact) mass is 347 g/mol. The Morgan fingerprint density at radius 3 is 2.67 bits per heavy atom. The van der Waals surface area contributed by atoms with E-state index >= 15 is 0 Å². The lowest BCUT2D eigenvalue weighted by Crippen LogP contribution is -2.39. The van der Waals surface area contributed by atoms with E-state index in [0.29, 0.717) is 17.3 Å². The predicted molar refractivity (Wildman–Crippen MR) is 90.8 cm³/mol. The largest absolute Gasteiger partial charge is 0.333 e. The van der Waals surface area contributed by atoms with Crippen LogP contribution >= 0.6 is 11.6 Å². The predicted octanol–water partition coefficient (Wildman–Crippen LogP) is 3.41. The van der Waals surface area contributed by atoms with E-state index < -0.39 is 11.8 Å². The van der Waals surface area contributed by atoms with Crippen LogP contribution in [0.4, 0.5) is 20.6 Å². The van der Waals surface area contributed by atoms with Gasteiger partial charge in [0.1, 0.15) is 5.82 Å². The molecule has 1 heterocycles. The minimum atomic E-state index is -0.476. The maximum absolute atomic E-state index is 13.1. The molecule has 3 rings (SSSR count). The molecule has 0 aliphatic carbocycles. The van der Waals surface area contributed by atoms with Crippen molar-refractivity contribution >= 4 is 34.9 Å². The first-order valence-electron chi connectivity index (χ1n) is 7.40. The first kappa shape index (κ1) is 16.3. The fourth-order valence-electron chi connectivity index (χ4n) is 2.59. The van der Waals surface area contributed by atoms with Crippen LogP contribution in [0.3, 0.4) is 0 Å². The highest BCUT2D eigenvalue weighted by molar-refractivity contribution is 6.30. The van der Waals surface area contributed by atoms with E-state index in [1.54, 1.807) is 35.2 Å². The second-order valence-electron chi connectivity index (χ2n) is 5.49. The fourth-order valence-corrected chi connectivity index (χ4v) is 2.72. The van der Waals surface area contributed by atoms with Gasteiger partial charge in [0.25, 0.3) is 0 Å². The van der Waals surface area contributed by atoms with E-state index in [9.17, 15) is 14.0 Å². The van der Waals surface area contributed by atoms with Crippen LogP contribution in [0.15, 0.2) is 48.5 Å². The third kappa shape index (κ3) is 3.83. The van der Waals surface area contributed by atoms with E-state index in [1.807, 2.05) is 0 Å². The summed E-state index contributed by atoms with van der Waals surface area (Å²) >= 11 is 5.84. The number of rotatable bonds is 3. The highest BCUT2D eigenvalue weighted by Gasteiger charge is 2.31. The summed E-state index contributed by atoms with van der Waals surface area (Å²) < 4.78 is 13.1. The van der Waals surface area contributed by atoms with Crippen molar-refractivity contribution in [1.29, 1.82) is 0 Å². The maximum atomic E-state index is 13.1. The fraction of sp³-hybridized carbons (Fsp3) is 0.176. The minimum absolute atomic E-state index is 0.0756. The molecule has 1 saturated heterocycles. The SMILES string of the molecule is O=C(Nc1cccc(F)c1)NC1CC(=O)N(c2ccc(Cl)cc2)C1. The Morgan fingerprint density at radius 2 is 1.96 bits per heavy atom. The number of hydrogen-bond donors (Lipinski definition) is 2. The van der Waals surface area contributed by atoms with Crippen LogP contribution in [0.5, 0.6) is 0 Å². The number of halogens is 2. The molecule has 3 amide bonds. The molecule has 1 fully saturated rings. The summed E-state index contributed by atoms with van der Waals surface area (Å²) in [6.45, 7) is 0.372. The second-order valence-corrected chi connectivity index (χ2v) is 5.93.